The number of esters is 1. The second-order valence-electron chi connectivity index (χ2n) is 6.56. The predicted molar refractivity (Wildman–Crippen MR) is 117 cm³/mol. The van der Waals surface area contributed by atoms with Gasteiger partial charge >= 0.3 is 5.97 Å². The maximum absolute atomic E-state index is 12.2. The van der Waals surface area contributed by atoms with Crippen LogP contribution in [0.5, 0.6) is 11.5 Å². The van der Waals surface area contributed by atoms with Crippen LogP contribution in [-0.2, 0) is 16.1 Å². The van der Waals surface area contributed by atoms with E-state index in [4.69, 9.17) is 18.6 Å². The summed E-state index contributed by atoms with van der Waals surface area (Å²) in [5, 5.41) is 10.8. The normalized spacial score (nSPS) is 14.2. The summed E-state index contributed by atoms with van der Waals surface area (Å²) in [5.74, 6) is 0.734. The molecule has 0 amide bonds. The molecule has 1 aliphatic rings. The number of halogens is 1. The fourth-order valence-corrected chi connectivity index (χ4v) is 3.48. The molecular weight excluding hydrogens is 484 g/mol. The molecule has 0 bridgehead atoms. The lowest BCUT2D eigenvalue weighted by Crippen LogP contribution is -2.04. The lowest BCUT2D eigenvalue weighted by molar-refractivity contribution is -0.384. The van der Waals surface area contributed by atoms with Gasteiger partial charge in [-0.25, -0.2) is 9.79 Å². The molecule has 1 aliphatic heterocycles. The van der Waals surface area contributed by atoms with Crippen LogP contribution in [0, 0.1) is 10.1 Å². The quantitative estimate of drug-likeness (QED) is 0.197. The van der Waals surface area contributed by atoms with E-state index in [1.165, 1.54) is 25.5 Å². The first kappa shape index (κ1) is 21.3. The second kappa shape index (κ2) is 9.06. The third-order valence-electron chi connectivity index (χ3n) is 4.44. The SMILES string of the molecule is COc1cc(/C=C2\N=C(c3ccco3)OC2=O)cc(Br)c1OCc1ccc([N+](=O)[O-])cc1. The minimum atomic E-state index is -0.593. The topological polar surface area (TPSA) is 113 Å². The van der Waals surface area contributed by atoms with E-state index in [9.17, 15) is 14.9 Å². The molecule has 1 aromatic heterocycles. The first-order valence-corrected chi connectivity index (χ1v) is 10.0. The Hall–Kier alpha value is -3.92. The zero-order valence-corrected chi connectivity index (χ0v) is 18.2. The molecule has 0 atom stereocenters. The lowest BCUT2D eigenvalue weighted by atomic mass is 10.1. The Morgan fingerprint density at radius 2 is 2.00 bits per heavy atom. The van der Waals surface area contributed by atoms with Gasteiger partial charge in [-0.3, -0.25) is 10.1 Å². The van der Waals surface area contributed by atoms with Crippen molar-refractivity contribution in [2.45, 2.75) is 6.61 Å². The number of non-ortho nitro benzene ring substituents is 1. The molecule has 10 heteroatoms. The molecule has 0 unspecified atom stereocenters. The van der Waals surface area contributed by atoms with Gasteiger partial charge in [-0.05, 0) is 69.5 Å². The van der Waals surface area contributed by atoms with Crippen molar-refractivity contribution in [2.24, 2.45) is 4.99 Å². The molecule has 32 heavy (non-hydrogen) atoms. The first-order valence-electron chi connectivity index (χ1n) is 9.24. The van der Waals surface area contributed by atoms with E-state index in [0.717, 1.165) is 5.56 Å². The molecule has 0 radical (unpaired) electrons. The average Bonchev–Trinajstić information content (AvgIpc) is 3.43. The zero-order valence-electron chi connectivity index (χ0n) is 16.6. The first-order chi connectivity index (χ1) is 15.4. The van der Waals surface area contributed by atoms with Crippen LogP contribution in [0.2, 0.25) is 0 Å². The van der Waals surface area contributed by atoms with E-state index in [-0.39, 0.29) is 23.9 Å². The number of hydrogen-bond acceptors (Lipinski definition) is 8. The number of benzene rings is 2. The number of nitro groups is 1. The molecule has 0 spiro atoms. The predicted octanol–water partition coefficient (Wildman–Crippen LogP) is 4.88. The summed E-state index contributed by atoms with van der Waals surface area (Å²) >= 11 is 3.46. The number of rotatable bonds is 7. The van der Waals surface area contributed by atoms with Crippen LogP contribution in [0.3, 0.4) is 0 Å². The van der Waals surface area contributed by atoms with E-state index >= 15 is 0 Å². The van der Waals surface area contributed by atoms with Crippen molar-refractivity contribution < 1.29 is 28.3 Å². The van der Waals surface area contributed by atoms with Crippen molar-refractivity contribution >= 4 is 39.6 Å². The molecule has 0 fully saturated rings. The fourth-order valence-electron chi connectivity index (χ4n) is 2.91. The number of nitrogens with zero attached hydrogens (tertiary/aromatic N) is 2. The van der Waals surface area contributed by atoms with Gasteiger partial charge in [0.1, 0.15) is 6.61 Å². The van der Waals surface area contributed by atoms with Gasteiger partial charge in [0.25, 0.3) is 11.6 Å². The van der Waals surface area contributed by atoms with Crippen molar-refractivity contribution in [3.63, 3.8) is 0 Å². The summed E-state index contributed by atoms with van der Waals surface area (Å²) in [6.45, 7) is 0.177. The summed E-state index contributed by atoms with van der Waals surface area (Å²) in [6.07, 6.45) is 3.02. The molecule has 0 saturated heterocycles. The molecule has 2 aromatic carbocycles. The van der Waals surface area contributed by atoms with Gasteiger partial charge in [0.2, 0.25) is 0 Å². The van der Waals surface area contributed by atoms with Gasteiger partial charge < -0.3 is 18.6 Å². The number of ether oxygens (including phenoxy) is 3. The highest BCUT2D eigenvalue weighted by atomic mass is 79.9. The minimum absolute atomic E-state index is 0.00760. The molecular formula is C22H15BrN2O7. The van der Waals surface area contributed by atoms with E-state index in [1.807, 2.05) is 0 Å². The maximum Gasteiger partial charge on any atom is 0.363 e. The maximum atomic E-state index is 12.2. The van der Waals surface area contributed by atoms with E-state index < -0.39 is 10.9 Å². The number of methoxy groups -OCH3 is 1. The Bertz CT molecular complexity index is 1230. The largest absolute Gasteiger partial charge is 0.493 e. The highest BCUT2D eigenvalue weighted by Crippen LogP contribution is 2.38. The average molecular weight is 499 g/mol. The highest BCUT2D eigenvalue weighted by Gasteiger charge is 2.26. The number of hydrogen-bond donors (Lipinski definition) is 0. The monoisotopic (exact) mass is 498 g/mol. The third-order valence-corrected chi connectivity index (χ3v) is 5.03. The Morgan fingerprint density at radius 3 is 2.66 bits per heavy atom. The van der Waals surface area contributed by atoms with Gasteiger partial charge in [-0.15, -0.1) is 0 Å². The molecule has 0 saturated carbocycles. The van der Waals surface area contributed by atoms with Crippen molar-refractivity contribution in [3.8, 4) is 11.5 Å². The Kier molecular flexibility index (Phi) is 6.04. The summed E-state index contributed by atoms with van der Waals surface area (Å²) in [5.41, 5.74) is 1.51. The second-order valence-corrected chi connectivity index (χ2v) is 7.41. The van der Waals surface area contributed by atoms with Crippen LogP contribution >= 0.6 is 15.9 Å². The Labute approximate surface area is 190 Å². The molecule has 0 N–H and O–H groups in total. The Morgan fingerprint density at radius 1 is 1.22 bits per heavy atom. The van der Waals surface area contributed by atoms with Crippen LogP contribution in [0.25, 0.3) is 6.08 Å². The fraction of sp³-hybridized carbons (Fsp3) is 0.0909. The molecule has 4 rings (SSSR count). The number of furan rings is 1. The third kappa shape index (κ3) is 4.54. The summed E-state index contributed by atoms with van der Waals surface area (Å²) < 4.78 is 22.2. The molecule has 0 aliphatic carbocycles. The van der Waals surface area contributed by atoms with Gasteiger partial charge in [-0.2, -0.15) is 0 Å². The van der Waals surface area contributed by atoms with Crippen LogP contribution < -0.4 is 9.47 Å². The van der Waals surface area contributed by atoms with Crippen LogP contribution in [0.4, 0.5) is 5.69 Å². The number of nitro benzene ring substituents is 1. The lowest BCUT2D eigenvalue weighted by Gasteiger charge is -2.13. The van der Waals surface area contributed by atoms with Gasteiger partial charge in [0, 0.05) is 12.1 Å². The number of carbonyl (C=O) groups is 1. The summed E-state index contributed by atoms with van der Waals surface area (Å²) in [7, 11) is 1.49. The van der Waals surface area contributed by atoms with Crippen molar-refractivity contribution in [1.82, 2.24) is 0 Å². The van der Waals surface area contributed by atoms with Crippen LogP contribution in [0.15, 0.2) is 74.4 Å². The summed E-state index contributed by atoms with van der Waals surface area (Å²) in [4.78, 5) is 26.7. The number of carbonyl (C=O) groups excluding carboxylic acids is 1. The molecule has 3 aromatic rings. The van der Waals surface area contributed by atoms with Crippen molar-refractivity contribution in [2.75, 3.05) is 7.11 Å². The zero-order chi connectivity index (χ0) is 22.7. The van der Waals surface area contributed by atoms with E-state index in [0.29, 0.717) is 27.3 Å². The summed E-state index contributed by atoms with van der Waals surface area (Å²) in [6, 6.07) is 12.8. The standard InChI is InChI=1S/C22H15BrN2O7/c1-29-19-11-14(10-17-22(26)32-21(24-17)18-3-2-8-30-18)9-16(23)20(19)31-12-13-4-6-15(7-5-13)25(27)28/h2-11H,12H2,1H3/b17-10-. The molecule has 9 nitrogen and oxygen atoms in total. The van der Waals surface area contributed by atoms with E-state index in [2.05, 4.69) is 20.9 Å². The number of aliphatic imine (C=N–C) groups is 1. The minimum Gasteiger partial charge on any atom is -0.493 e. The van der Waals surface area contributed by atoms with Gasteiger partial charge in [-0.1, -0.05) is 0 Å². The molecule has 2 heterocycles. The molecule has 162 valence electrons. The smallest absolute Gasteiger partial charge is 0.363 e. The van der Waals surface area contributed by atoms with Gasteiger partial charge in [0.15, 0.2) is 23.0 Å². The van der Waals surface area contributed by atoms with Crippen molar-refractivity contribution in [3.05, 3.63) is 92.0 Å². The van der Waals surface area contributed by atoms with Crippen molar-refractivity contribution in [1.29, 1.82) is 0 Å². The van der Waals surface area contributed by atoms with Crippen LogP contribution in [0.1, 0.15) is 16.9 Å². The van der Waals surface area contributed by atoms with Gasteiger partial charge in [0.05, 0.1) is 22.8 Å². The van der Waals surface area contributed by atoms with Crippen LogP contribution in [-0.4, -0.2) is 23.9 Å². The Balaban J connectivity index is 1.55. The van der Waals surface area contributed by atoms with E-state index in [1.54, 1.807) is 42.5 Å². The number of cyclic esters (lactones) is 1. The highest BCUT2D eigenvalue weighted by molar-refractivity contribution is 9.10.